The van der Waals surface area contributed by atoms with Crippen LogP contribution < -0.4 is 0 Å². The van der Waals surface area contributed by atoms with Crippen LogP contribution in [0.4, 0.5) is 0 Å². The lowest BCUT2D eigenvalue weighted by atomic mass is 10.4. The van der Waals surface area contributed by atoms with Crippen LogP contribution in [0, 0.1) is 0 Å². The normalized spacial score (nSPS) is 10.5. The molecule has 2 aromatic rings. The van der Waals surface area contributed by atoms with E-state index in [-0.39, 0.29) is 5.28 Å². The first kappa shape index (κ1) is 8.04. The van der Waals surface area contributed by atoms with Crippen molar-refractivity contribution in [2.45, 2.75) is 0 Å². The van der Waals surface area contributed by atoms with Crippen molar-refractivity contribution in [3.05, 3.63) is 21.8 Å². The molecule has 0 amide bonds. The topological polar surface area (TPSA) is 41.6 Å². The first-order chi connectivity index (χ1) is 5.75. The van der Waals surface area contributed by atoms with Crippen LogP contribution >= 0.6 is 34.5 Å². The highest BCUT2D eigenvalue weighted by atomic mass is 35.5. The van der Waals surface area contributed by atoms with Gasteiger partial charge in [-0.25, -0.2) is 5.10 Å². The van der Waals surface area contributed by atoms with E-state index in [9.17, 15) is 0 Å². The van der Waals surface area contributed by atoms with Crippen molar-refractivity contribution in [3.8, 4) is 10.7 Å². The van der Waals surface area contributed by atoms with Gasteiger partial charge in [-0.2, -0.15) is 10.1 Å². The smallest absolute Gasteiger partial charge is 0.218 e. The van der Waals surface area contributed by atoms with Gasteiger partial charge in [0.05, 0.1) is 9.21 Å². The Morgan fingerprint density at radius 1 is 1.33 bits per heavy atom. The minimum atomic E-state index is 0.287. The molecule has 0 bridgehead atoms. The summed E-state index contributed by atoms with van der Waals surface area (Å²) < 4.78 is 0.714. The summed E-state index contributed by atoms with van der Waals surface area (Å²) in [6.07, 6.45) is 0. The molecular weight excluding hydrogens is 217 g/mol. The summed E-state index contributed by atoms with van der Waals surface area (Å²) in [6.45, 7) is 0. The number of aromatic nitrogens is 3. The monoisotopic (exact) mass is 219 g/mol. The lowest BCUT2D eigenvalue weighted by Crippen LogP contribution is -1.72. The highest BCUT2D eigenvalue weighted by molar-refractivity contribution is 7.19. The van der Waals surface area contributed by atoms with Crippen molar-refractivity contribution in [2.24, 2.45) is 0 Å². The van der Waals surface area contributed by atoms with Crippen molar-refractivity contribution in [2.75, 3.05) is 0 Å². The maximum absolute atomic E-state index is 5.74. The van der Waals surface area contributed by atoms with Gasteiger partial charge in [0.1, 0.15) is 0 Å². The Morgan fingerprint density at radius 3 is 2.67 bits per heavy atom. The summed E-state index contributed by atoms with van der Waals surface area (Å²) in [5, 5.41) is 6.71. The fourth-order valence-electron chi connectivity index (χ4n) is 0.787. The van der Waals surface area contributed by atoms with E-state index in [0.29, 0.717) is 10.2 Å². The van der Waals surface area contributed by atoms with E-state index in [0.717, 1.165) is 4.88 Å². The van der Waals surface area contributed by atoms with Crippen molar-refractivity contribution >= 4 is 34.5 Å². The quantitative estimate of drug-likeness (QED) is 0.802. The summed E-state index contributed by atoms with van der Waals surface area (Å²) in [5.74, 6) is 0.580. The number of nitrogens with one attached hydrogen (secondary N) is 1. The number of thiophene rings is 1. The molecule has 0 unspecified atom stereocenters. The van der Waals surface area contributed by atoms with Crippen molar-refractivity contribution in [1.82, 2.24) is 15.2 Å². The molecule has 0 aliphatic heterocycles. The minimum absolute atomic E-state index is 0.287. The molecule has 0 atom stereocenters. The molecule has 0 saturated heterocycles. The Morgan fingerprint density at radius 2 is 2.17 bits per heavy atom. The minimum Gasteiger partial charge on any atom is -0.249 e. The van der Waals surface area contributed by atoms with Crippen LogP contribution in [0.25, 0.3) is 10.7 Å². The van der Waals surface area contributed by atoms with Gasteiger partial charge in [0.2, 0.25) is 5.28 Å². The van der Waals surface area contributed by atoms with Crippen LogP contribution in [0.5, 0.6) is 0 Å². The predicted octanol–water partition coefficient (Wildman–Crippen LogP) is 2.84. The highest BCUT2D eigenvalue weighted by Crippen LogP contribution is 2.28. The fraction of sp³-hybridized carbons (Fsp3) is 0. The van der Waals surface area contributed by atoms with E-state index < -0.39 is 0 Å². The van der Waals surface area contributed by atoms with Crippen LogP contribution in [0.15, 0.2) is 12.1 Å². The van der Waals surface area contributed by atoms with E-state index in [1.54, 1.807) is 6.07 Å². The Kier molecular flexibility index (Phi) is 2.04. The summed E-state index contributed by atoms with van der Waals surface area (Å²) >= 11 is 12.7. The second kappa shape index (κ2) is 3.05. The number of rotatable bonds is 1. The largest absolute Gasteiger partial charge is 0.249 e. The van der Waals surface area contributed by atoms with Gasteiger partial charge in [-0.15, -0.1) is 11.3 Å². The number of hydrogen-bond donors (Lipinski definition) is 1. The van der Waals surface area contributed by atoms with Gasteiger partial charge < -0.3 is 0 Å². The maximum Gasteiger partial charge on any atom is 0.218 e. The van der Waals surface area contributed by atoms with Gasteiger partial charge in [-0.05, 0) is 23.7 Å². The van der Waals surface area contributed by atoms with Crippen LogP contribution in [0.1, 0.15) is 0 Å². The molecule has 0 aliphatic rings. The van der Waals surface area contributed by atoms with Crippen molar-refractivity contribution < 1.29 is 0 Å². The molecule has 0 radical (unpaired) electrons. The lowest BCUT2D eigenvalue weighted by Gasteiger charge is -1.82. The van der Waals surface area contributed by atoms with Gasteiger partial charge in [0.15, 0.2) is 5.82 Å². The third-order valence-corrected chi connectivity index (χ3v) is 2.65. The third-order valence-electron chi connectivity index (χ3n) is 1.25. The molecule has 0 aliphatic carbocycles. The second-order valence-corrected chi connectivity index (χ2v) is 4.13. The molecule has 0 spiro atoms. The summed E-state index contributed by atoms with van der Waals surface area (Å²) in [7, 11) is 0. The third kappa shape index (κ3) is 1.46. The van der Waals surface area contributed by atoms with Gasteiger partial charge in [-0.1, -0.05) is 11.6 Å². The van der Waals surface area contributed by atoms with Gasteiger partial charge >= 0.3 is 0 Å². The molecule has 0 fully saturated rings. The predicted molar refractivity (Wildman–Crippen MR) is 49.7 cm³/mol. The zero-order valence-corrected chi connectivity index (χ0v) is 8.04. The zero-order chi connectivity index (χ0) is 8.55. The van der Waals surface area contributed by atoms with Crippen LogP contribution in [0.2, 0.25) is 9.62 Å². The van der Waals surface area contributed by atoms with Crippen LogP contribution in [0.3, 0.4) is 0 Å². The molecule has 62 valence electrons. The molecule has 6 heteroatoms. The zero-order valence-electron chi connectivity index (χ0n) is 5.71. The number of hydrogen-bond acceptors (Lipinski definition) is 3. The molecule has 1 N–H and O–H groups in total. The second-order valence-electron chi connectivity index (χ2n) is 2.05. The van der Waals surface area contributed by atoms with E-state index in [1.165, 1.54) is 11.3 Å². The molecule has 3 nitrogen and oxygen atoms in total. The summed E-state index contributed by atoms with van der Waals surface area (Å²) in [4.78, 5) is 4.85. The molecule has 2 aromatic heterocycles. The molecule has 0 aromatic carbocycles. The Labute approximate surface area is 82.4 Å². The Balaban J connectivity index is 2.43. The SMILES string of the molecule is Clc1nc(-c2ccc(Cl)s2)n[nH]1. The molecule has 0 saturated carbocycles. The van der Waals surface area contributed by atoms with E-state index in [2.05, 4.69) is 15.2 Å². The van der Waals surface area contributed by atoms with Gasteiger partial charge in [-0.3, -0.25) is 0 Å². The number of aromatic amines is 1. The number of nitrogens with zero attached hydrogens (tertiary/aromatic N) is 2. The number of halogens is 2. The molecular formula is C6H3Cl2N3S. The highest BCUT2D eigenvalue weighted by Gasteiger charge is 2.06. The number of H-pyrrole nitrogens is 1. The fourth-order valence-corrected chi connectivity index (χ4v) is 1.89. The first-order valence-electron chi connectivity index (χ1n) is 3.09. The Hall–Kier alpha value is -0.580. The van der Waals surface area contributed by atoms with Gasteiger partial charge in [0, 0.05) is 0 Å². The average Bonchev–Trinajstić information content (AvgIpc) is 2.58. The van der Waals surface area contributed by atoms with E-state index >= 15 is 0 Å². The average molecular weight is 220 g/mol. The standard InChI is InChI=1S/C6H3Cl2N3S/c7-4-2-1-3(12-4)5-9-6(8)11-10-5/h1-2H,(H,9,10,11). The van der Waals surface area contributed by atoms with Crippen molar-refractivity contribution in [3.63, 3.8) is 0 Å². The Bertz CT molecular complexity index is 357. The van der Waals surface area contributed by atoms with Crippen LogP contribution in [-0.2, 0) is 0 Å². The molecule has 12 heavy (non-hydrogen) atoms. The summed E-state index contributed by atoms with van der Waals surface area (Å²) in [6, 6.07) is 3.65. The van der Waals surface area contributed by atoms with Crippen molar-refractivity contribution in [1.29, 1.82) is 0 Å². The maximum atomic E-state index is 5.74. The lowest BCUT2D eigenvalue weighted by molar-refractivity contribution is 1.10. The van der Waals surface area contributed by atoms with Gasteiger partial charge in [0.25, 0.3) is 0 Å². The summed E-state index contributed by atoms with van der Waals surface area (Å²) in [5.41, 5.74) is 0. The van der Waals surface area contributed by atoms with E-state index in [1.807, 2.05) is 6.07 Å². The molecule has 2 rings (SSSR count). The molecule has 2 heterocycles. The van der Waals surface area contributed by atoms with E-state index in [4.69, 9.17) is 23.2 Å². The first-order valence-corrected chi connectivity index (χ1v) is 4.66. The van der Waals surface area contributed by atoms with Crippen LogP contribution in [-0.4, -0.2) is 15.2 Å².